The molecule has 9 heteroatoms. The van der Waals surface area contributed by atoms with E-state index < -0.39 is 18.5 Å². The SMILES string of the molecule is COCCNC(=O)COC(=O)Cn1cnc2scc(-c3ccc(C)cc3)c2c1=O. The lowest BCUT2D eigenvalue weighted by molar-refractivity contribution is -0.149. The maximum atomic E-state index is 12.9. The molecule has 8 nitrogen and oxygen atoms in total. The molecule has 2 heterocycles. The average molecular weight is 415 g/mol. The number of hydrogen-bond acceptors (Lipinski definition) is 7. The third kappa shape index (κ3) is 5.07. The van der Waals surface area contributed by atoms with E-state index in [0.717, 1.165) is 16.7 Å². The van der Waals surface area contributed by atoms with Gasteiger partial charge in [0.05, 0.1) is 18.3 Å². The van der Waals surface area contributed by atoms with Crippen molar-refractivity contribution in [3.8, 4) is 11.1 Å². The molecule has 0 spiro atoms. The van der Waals surface area contributed by atoms with E-state index in [1.54, 1.807) is 0 Å². The zero-order valence-corrected chi connectivity index (χ0v) is 17.0. The summed E-state index contributed by atoms with van der Waals surface area (Å²) in [5.74, 6) is -1.13. The summed E-state index contributed by atoms with van der Waals surface area (Å²) in [4.78, 5) is 41.5. The Labute approximate surface area is 171 Å². The van der Waals surface area contributed by atoms with E-state index in [4.69, 9.17) is 9.47 Å². The van der Waals surface area contributed by atoms with E-state index >= 15 is 0 Å². The lowest BCUT2D eigenvalue weighted by Gasteiger charge is -2.08. The number of hydrogen-bond donors (Lipinski definition) is 1. The van der Waals surface area contributed by atoms with Gasteiger partial charge in [-0.1, -0.05) is 29.8 Å². The van der Waals surface area contributed by atoms with E-state index in [9.17, 15) is 14.4 Å². The van der Waals surface area contributed by atoms with Crippen LogP contribution in [0.25, 0.3) is 21.3 Å². The van der Waals surface area contributed by atoms with Gasteiger partial charge in [-0.2, -0.15) is 0 Å². The van der Waals surface area contributed by atoms with Crippen molar-refractivity contribution in [3.63, 3.8) is 0 Å². The number of aromatic nitrogens is 2. The summed E-state index contributed by atoms with van der Waals surface area (Å²) in [5, 5.41) is 4.89. The summed E-state index contributed by atoms with van der Waals surface area (Å²) < 4.78 is 10.9. The predicted molar refractivity (Wildman–Crippen MR) is 110 cm³/mol. The Morgan fingerprint density at radius 2 is 2.00 bits per heavy atom. The molecule has 29 heavy (non-hydrogen) atoms. The van der Waals surface area contributed by atoms with Gasteiger partial charge in [0.1, 0.15) is 11.4 Å². The molecule has 0 bridgehead atoms. The number of carbonyl (C=O) groups excluding carboxylic acids is 2. The van der Waals surface area contributed by atoms with Gasteiger partial charge in [0.15, 0.2) is 6.61 Å². The van der Waals surface area contributed by atoms with Crippen molar-refractivity contribution >= 4 is 33.4 Å². The van der Waals surface area contributed by atoms with Crippen LogP contribution in [0.2, 0.25) is 0 Å². The largest absolute Gasteiger partial charge is 0.454 e. The molecule has 3 aromatic rings. The number of carbonyl (C=O) groups is 2. The number of nitrogens with one attached hydrogen (secondary N) is 1. The van der Waals surface area contributed by atoms with Gasteiger partial charge in [-0.15, -0.1) is 11.3 Å². The summed E-state index contributed by atoms with van der Waals surface area (Å²) in [5.41, 5.74) is 2.49. The fourth-order valence-corrected chi connectivity index (χ4v) is 3.61. The molecule has 0 saturated carbocycles. The van der Waals surface area contributed by atoms with Crippen molar-refractivity contribution in [2.45, 2.75) is 13.5 Å². The molecule has 0 saturated heterocycles. The van der Waals surface area contributed by atoms with E-state index in [2.05, 4.69) is 10.3 Å². The molecule has 1 N–H and O–H groups in total. The van der Waals surface area contributed by atoms with Crippen LogP contribution in [0.1, 0.15) is 5.56 Å². The molecule has 3 rings (SSSR count). The summed E-state index contributed by atoms with van der Waals surface area (Å²) in [6.07, 6.45) is 1.32. The molecular weight excluding hydrogens is 394 g/mol. The van der Waals surface area contributed by atoms with Gasteiger partial charge in [0, 0.05) is 24.6 Å². The van der Waals surface area contributed by atoms with Crippen LogP contribution < -0.4 is 10.9 Å². The first-order valence-corrected chi connectivity index (χ1v) is 9.82. The Balaban J connectivity index is 1.73. The predicted octanol–water partition coefficient (Wildman–Crippen LogP) is 1.74. The van der Waals surface area contributed by atoms with Crippen LogP contribution in [0.15, 0.2) is 40.8 Å². The van der Waals surface area contributed by atoms with Crippen LogP contribution in [0.5, 0.6) is 0 Å². The Hall–Kier alpha value is -3.04. The van der Waals surface area contributed by atoms with Crippen LogP contribution in [0, 0.1) is 6.92 Å². The molecule has 0 aliphatic heterocycles. The minimum Gasteiger partial charge on any atom is -0.454 e. The second-order valence-electron chi connectivity index (χ2n) is 6.38. The number of amides is 1. The average Bonchev–Trinajstić information content (AvgIpc) is 3.14. The molecule has 152 valence electrons. The van der Waals surface area contributed by atoms with Gasteiger partial charge in [-0.25, -0.2) is 4.98 Å². The lowest BCUT2D eigenvalue weighted by Crippen LogP contribution is -2.32. The number of aryl methyl sites for hydroxylation is 1. The fourth-order valence-electron chi connectivity index (χ4n) is 2.70. The maximum absolute atomic E-state index is 12.9. The second kappa shape index (κ2) is 9.44. The van der Waals surface area contributed by atoms with E-state index in [1.807, 2.05) is 36.6 Å². The van der Waals surface area contributed by atoms with Crippen molar-refractivity contribution in [1.29, 1.82) is 0 Å². The summed E-state index contributed by atoms with van der Waals surface area (Å²) in [7, 11) is 1.52. The highest BCUT2D eigenvalue weighted by Gasteiger charge is 2.15. The maximum Gasteiger partial charge on any atom is 0.326 e. The van der Waals surface area contributed by atoms with Crippen LogP contribution in [0.3, 0.4) is 0 Å². The van der Waals surface area contributed by atoms with Gasteiger partial charge < -0.3 is 14.8 Å². The third-order valence-corrected chi connectivity index (χ3v) is 5.10. The smallest absolute Gasteiger partial charge is 0.326 e. The molecule has 0 unspecified atom stereocenters. The van der Waals surface area contributed by atoms with Gasteiger partial charge >= 0.3 is 5.97 Å². The number of esters is 1. The van der Waals surface area contributed by atoms with Crippen molar-refractivity contribution in [1.82, 2.24) is 14.9 Å². The highest BCUT2D eigenvalue weighted by molar-refractivity contribution is 7.17. The van der Waals surface area contributed by atoms with Crippen molar-refractivity contribution in [2.75, 3.05) is 26.9 Å². The standard InChI is InChI=1S/C20H21N3O5S/c1-13-3-5-14(6-4-13)15-11-29-19-18(15)20(26)23(12-22-19)9-17(25)28-10-16(24)21-7-8-27-2/h3-6,11-12H,7-10H2,1-2H3,(H,21,24). The molecule has 0 aliphatic carbocycles. The monoisotopic (exact) mass is 415 g/mol. The number of ether oxygens (including phenoxy) is 2. The van der Waals surface area contributed by atoms with E-state index in [-0.39, 0.29) is 12.1 Å². The minimum absolute atomic E-state index is 0.323. The molecule has 0 radical (unpaired) electrons. The number of benzene rings is 1. The third-order valence-electron chi connectivity index (χ3n) is 4.22. The molecular formula is C20H21N3O5S. The summed E-state index contributed by atoms with van der Waals surface area (Å²) >= 11 is 1.37. The van der Waals surface area contributed by atoms with E-state index in [1.165, 1.54) is 29.3 Å². The van der Waals surface area contributed by atoms with Gasteiger partial charge in [-0.05, 0) is 12.5 Å². The number of fused-ring (bicyclic) bond motifs is 1. The van der Waals surface area contributed by atoms with Gasteiger partial charge in [-0.3, -0.25) is 19.0 Å². The normalized spacial score (nSPS) is 10.8. The first-order chi connectivity index (χ1) is 14.0. The van der Waals surface area contributed by atoms with Crippen molar-refractivity contribution < 1.29 is 19.1 Å². The number of thiophene rings is 1. The topological polar surface area (TPSA) is 99.5 Å². The first-order valence-electron chi connectivity index (χ1n) is 8.94. The number of rotatable bonds is 8. The van der Waals surface area contributed by atoms with Crippen molar-refractivity contribution in [2.24, 2.45) is 0 Å². The number of nitrogens with zero attached hydrogens (tertiary/aromatic N) is 2. The highest BCUT2D eigenvalue weighted by Crippen LogP contribution is 2.30. The lowest BCUT2D eigenvalue weighted by atomic mass is 10.1. The van der Waals surface area contributed by atoms with Crippen molar-refractivity contribution in [3.05, 3.63) is 51.9 Å². The Kier molecular flexibility index (Phi) is 6.73. The quantitative estimate of drug-likeness (QED) is 0.444. The first kappa shape index (κ1) is 20.7. The zero-order chi connectivity index (χ0) is 20.8. The van der Waals surface area contributed by atoms with Gasteiger partial charge in [0.25, 0.3) is 11.5 Å². The van der Waals surface area contributed by atoms with Gasteiger partial charge in [0.2, 0.25) is 0 Å². The fraction of sp³-hybridized carbons (Fsp3) is 0.300. The second-order valence-corrected chi connectivity index (χ2v) is 7.23. The minimum atomic E-state index is -0.692. The summed E-state index contributed by atoms with van der Waals surface area (Å²) in [6.45, 7) is 1.95. The molecule has 2 aromatic heterocycles. The highest BCUT2D eigenvalue weighted by atomic mass is 32.1. The molecule has 1 amide bonds. The molecule has 1 aromatic carbocycles. The van der Waals surface area contributed by atoms with Crippen LogP contribution in [0.4, 0.5) is 0 Å². The Bertz CT molecular complexity index is 1070. The van der Waals surface area contributed by atoms with Crippen LogP contribution in [-0.4, -0.2) is 48.3 Å². The molecule has 0 atom stereocenters. The van der Waals surface area contributed by atoms with Crippen LogP contribution in [-0.2, 0) is 25.6 Å². The summed E-state index contributed by atoms with van der Waals surface area (Å²) in [6, 6.07) is 7.85. The number of methoxy groups -OCH3 is 1. The van der Waals surface area contributed by atoms with Crippen LogP contribution >= 0.6 is 11.3 Å². The van der Waals surface area contributed by atoms with E-state index in [0.29, 0.717) is 23.4 Å². The Morgan fingerprint density at radius 3 is 2.72 bits per heavy atom. The Morgan fingerprint density at radius 1 is 1.24 bits per heavy atom. The molecule has 0 fully saturated rings. The zero-order valence-electron chi connectivity index (χ0n) is 16.1. The molecule has 0 aliphatic rings.